The first-order valence-corrected chi connectivity index (χ1v) is 5.95. The lowest BCUT2D eigenvalue weighted by molar-refractivity contribution is 0.328. The van der Waals surface area contributed by atoms with E-state index in [2.05, 4.69) is 17.6 Å². The molecule has 1 aliphatic heterocycles. The van der Waals surface area contributed by atoms with Gasteiger partial charge in [-0.2, -0.15) is 0 Å². The molecule has 0 aliphatic carbocycles. The second kappa shape index (κ2) is 5.38. The molecule has 1 aliphatic rings. The standard InChI is InChI=1S/C13H20N2O2/c1-9-13(15-7-6-14-9)11-8-10(16-2)4-5-12(11)17-3/h4-5,8-9,13-15H,6-7H2,1-3H3. The van der Waals surface area contributed by atoms with E-state index < -0.39 is 0 Å². The van der Waals surface area contributed by atoms with Crippen molar-refractivity contribution in [2.75, 3.05) is 27.3 Å². The van der Waals surface area contributed by atoms with Gasteiger partial charge in [0.1, 0.15) is 11.5 Å². The molecule has 2 atom stereocenters. The van der Waals surface area contributed by atoms with Crippen LogP contribution < -0.4 is 20.1 Å². The lowest BCUT2D eigenvalue weighted by atomic mass is 9.97. The number of benzene rings is 1. The minimum Gasteiger partial charge on any atom is -0.497 e. The third-order valence-electron chi connectivity index (χ3n) is 3.23. The Kier molecular flexibility index (Phi) is 3.86. The number of ether oxygens (including phenoxy) is 2. The molecule has 94 valence electrons. The molecular weight excluding hydrogens is 216 g/mol. The van der Waals surface area contributed by atoms with Crippen molar-refractivity contribution in [1.82, 2.24) is 10.6 Å². The molecule has 1 aromatic rings. The van der Waals surface area contributed by atoms with Gasteiger partial charge in [0.05, 0.1) is 20.3 Å². The number of rotatable bonds is 3. The molecule has 2 unspecified atom stereocenters. The van der Waals surface area contributed by atoms with Gasteiger partial charge >= 0.3 is 0 Å². The first-order chi connectivity index (χ1) is 8.26. The number of nitrogens with one attached hydrogen (secondary N) is 2. The van der Waals surface area contributed by atoms with Crippen LogP contribution in [-0.4, -0.2) is 33.4 Å². The Morgan fingerprint density at radius 1 is 1.12 bits per heavy atom. The normalized spacial score (nSPS) is 24.4. The van der Waals surface area contributed by atoms with Crippen molar-refractivity contribution in [3.63, 3.8) is 0 Å². The molecule has 0 amide bonds. The molecule has 1 fully saturated rings. The SMILES string of the molecule is COc1ccc(OC)c(C2NCCNC2C)c1. The van der Waals surface area contributed by atoms with Gasteiger partial charge < -0.3 is 20.1 Å². The molecule has 17 heavy (non-hydrogen) atoms. The van der Waals surface area contributed by atoms with Crippen LogP contribution in [0.3, 0.4) is 0 Å². The average Bonchev–Trinajstić information content (AvgIpc) is 2.38. The predicted octanol–water partition coefficient (Wildman–Crippen LogP) is 1.33. The van der Waals surface area contributed by atoms with Crippen LogP contribution in [-0.2, 0) is 0 Å². The third kappa shape index (κ3) is 2.53. The largest absolute Gasteiger partial charge is 0.497 e. The van der Waals surface area contributed by atoms with Gasteiger partial charge in [0, 0.05) is 24.7 Å². The highest BCUT2D eigenvalue weighted by Crippen LogP contribution is 2.31. The summed E-state index contributed by atoms with van der Waals surface area (Å²) in [5.41, 5.74) is 1.14. The molecular formula is C13H20N2O2. The van der Waals surface area contributed by atoms with E-state index in [-0.39, 0.29) is 6.04 Å². The lowest BCUT2D eigenvalue weighted by Gasteiger charge is -2.32. The molecule has 4 nitrogen and oxygen atoms in total. The summed E-state index contributed by atoms with van der Waals surface area (Å²) >= 11 is 0. The second-order valence-electron chi connectivity index (χ2n) is 4.28. The zero-order valence-corrected chi connectivity index (χ0v) is 10.6. The quantitative estimate of drug-likeness (QED) is 0.831. The van der Waals surface area contributed by atoms with Gasteiger partial charge in [-0.15, -0.1) is 0 Å². The number of piperazine rings is 1. The smallest absolute Gasteiger partial charge is 0.123 e. The van der Waals surface area contributed by atoms with Crippen molar-refractivity contribution < 1.29 is 9.47 Å². The minimum atomic E-state index is 0.258. The second-order valence-corrected chi connectivity index (χ2v) is 4.28. The molecule has 1 aromatic carbocycles. The molecule has 2 N–H and O–H groups in total. The van der Waals surface area contributed by atoms with Gasteiger partial charge in [0.15, 0.2) is 0 Å². The monoisotopic (exact) mass is 236 g/mol. The molecule has 0 spiro atoms. The van der Waals surface area contributed by atoms with E-state index in [1.165, 1.54) is 0 Å². The van der Waals surface area contributed by atoms with E-state index >= 15 is 0 Å². The molecule has 0 bridgehead atoms. The number of hydrogen-bond acceptors (Lipinski definition) is 4. The Morgan fingerprint density at radius 3 is 2.53 bits per heavy atom. The van der Waals surface area contributed by atoms with Crippen molar-refractivity contribution in [2.24, 2.45) is 0 Å². The van der Waals surface area contributed by atoms with Crippen molar-refractivity contribution in [2.45, 2.75) is 19.0 Å². The van der Waals surface area contributed by atoms with Crippen molar-refractivity contribution >= 4 is 0 Å². The van der Waals surface area contributed by atoms with Crippen LogP contribution in [0.1, 0.15) is 18.5 Å². The first-order valence-electron chi connectivity index (χ1n) is 5.95. The van der Waals surface area contributed by atoms with E-state index in [4.69, 9.17) is 9.47 Å². The lowest BCUT2D eigenvalue weighted by Crippen LogP contribution is -2.49. The molecule has 2 rings (SSSR count). The predicted molar refractivity (Wildman–Crippen MR) is 67.8 cm³/mol. The van der Waals surface area contributed by atoms with Crippen LogP contribution in [0.4, 0.5) is 0 Å². The summed E-state index contributed by atoms with van der Waals surface area (Å²) in [6.45, 7) is 4.15. The summed E-state index contributed by atoms with van der Waals surface area (Å²) in [4.78, 5) is 0. The summed E-state index contributed by atoms with van der Waals surface area (Å²) in [5.74, 6) is 1.76. The average molecular weight is 236 g/mol. The zero-order chi connectivity index (χ0) is 12.3. The summed E-state index contributed by atoms with van der Waals surface area (Å²) in [7, 11) is 3.38. The highest BCUT2D eigenvalue weighted by molar-refractivity contribution is 5.43. The van der Waals surface area contributed by atoms with Gasteiger partial charge in [-0.05, 0) is 25.1 Å². The van der Waals surface area contributed by atoms with Crippen LogP contribution in [0.15, 0.2) is 18.2 Å². The zero-order valence-electron chi connectivity index (χ0n) is 10.6. The Bertz CT molecular complexity index is 382. The van der Waals surface area contributed by atoms with E-state index in [1.54, 1.807) is 14.2 Å². The van der Waals surface area contributed by atoms with Crippen molar-refractivity contribution in [3.05, 3.63) is 23.8 Å². The van der Waals surface area contributed by atoms with Gasteiger partial charge in [-0.3, -0.25) is 0 Å². The molecule has 1 heterocycles. The van der Waals surface area contributed by atoms with Crippen LogP contribution in [0, 0.1) is 0 Å². The topological polar surface area (TPSA) is 42.5 Å². The Labute approximate surface area is 102 Å². The highest BCUT2D eigenvalue weighted by Gasteiger charge is 2.25. The fourth-order valence-electron chi connectivity index (χ4n) is 2.28. The van der Waals surface area contributed by atoms with Crippen LogP contribution in [0.5, 0.6) is 11.5 Å². The summed E-state index contributed by atoms with van der Waals surface area (Å²) in [6.07, 6.45) is 0. The third-order valence-corrected chi connectivity index (χ3v) is 3.23. The van der Waals surface area contributed by atoms with E-state index in [9.17, 15) is 0 Å². The van der Waals surface area contributed by atoms with E-state index in [0.717, 1.165) is 30.2 Å². The highest BCUT2D eigenvalue weighted by atomic mass is 16.5. The van der Waals surface area contributed by atoms with Gasteiger partial charge in [-0.25, -0.2) is 0 Å². The Hall–Kier alpha value is -1.26. The summed E-state index contributed by atoms with van der Waals surface area (Å²) in [5, 5.41) is 6.97. The van der Waals surface area contributed by atoms with Crippen molar-refractivity contribution in [3.8, 4) is 11.5 Å². The maximum atomic E-state index is 5.42. The van der Waals surface area contributed by atoms with Gasteiger partial charge in [0.25, 0.3) is 0 Å². The Balaban J connectivity index is 2.33. The number of methoxy groups -OCH3 is 2. The summed E-state index contributed by atoms with van der Waals surface area (Å²) in [6, 6.07) is 6.55. The van der Waals surface area contributed by atoms with Crippen LogP contribution >= 0.6 is 0 Å². The Morgan fingerprint density at radius 2 is 1.88 bits per heavy atom. The van der Waals surface area contributed by atoms with Gasteiger partial charge in [-0.1, -0.05) is 0 Å². The van der Waals surface area contributed by atoms with E-state index in [0.29, 0.717) is 6.04 Å². The fourth-order valence-corrected chi connectivity index (χ4v) is 2.28. The van der Waals surface area contributed by atoms with Crippen molar-refractivity contribution in [1.29, 1.82) is 0 Å². The van der Waals surface area contributed by atoms with Gasteiger partial charge in [0.2, 0.25) is 0 Å². The van der Waals surface area contributed by atoms with E-state index in [1.807, 2.05) is 18.2 Å². The molecule has 4 heteroatoms. The molecule has 0 aromatic heterocycles. The molecule has 1 saturated heterocycles. The minimum absolute atomic E-state index is 0.258. The number of hydrogen-bond donors (Lipinski definition) is 2. The maximum absolute atomic E-state index is 5.42. The summed E-state index contributed by atoms with van der Waals surface area (Å²) < 4.78 is 10.7. The maximum Gasteiger partial charge on any atom is 0.123 e. The first kappa shape index (κ1) is 12.2. The van der Waals surface area contributed by atoms with Crippen LogP contribution in [0.25, 0.3) is 0 Å². The molecule has 0 radical (unpaired) electrons. The van der Waals surface area contributed by atoms with Crippen LogP contribution in [0.2, 0.25) is 0 Å². The molecule has 0 saturated carbocycles. The fraction of sp³-hybridized carbons (Fsp3) is 0.538.